The Labute approximate surface area is 115 Å². The number of rotatable bonds is 6. The number of aromatic nitrogens is 1. The molecule has 1 unspecified atom stereocenters. The molecule has 0 aliphatic carbocycles. The van der Waals surface area contributed by atoms with Gasteiger partial charge in [0.1, 0.15) is 5.01 Å². The summed E-state index contributed by atoms with van der Waals surface area (Å²) in [5, 5.41) is 5.80. The lowest BCUT2D eigenvalue weighted by Gasteiger charge is -2.14. The lowest BCUT2D eigenvalue weighted by atomic mass is 10.2. The molecule has 1 aromatic heterocycles. The topological polar surface area (TPSA) is 24.9 Å². The standard InChI is InChI=1S/C13H17BrN2S/c1-2-10(7-8-14)15-9-13-16-11-5-3-4-6-12(11)17-13/h3-6,10,15H,2,7-9H2,1H3. The molecule has 0 aliphatic rings. The monoisotopic (exact) mass is 312 g/mol. The second kappa shape index (κ2) is 6.47. The summed E-state index contributed by atoms with van der Waals surface area (Å²) < 4.78 is 1.28. The Balaban J connectivity index is 1.98. The second-order valence-corrected chi connectivity index (χ2v) is 5.95. The SMILES string of the molecule is CCC(CCBr)NCc1nc2ccccc2s1. The number of benzene rings is 1. The average molecular weight is 313 g/mol. The molecule has 0 bridgehead atoms. The second-order valence-electron chi connectivity index (χ2n) is 4.04. The van der Waals surface area contributed by atoms with E-state index in [0.717, 1.165) is 23.8 Å². The highest BCUT2D eigenvalue weighted by Gasteiger charge is 2.07. The van der Waals surface area contributed by atoms with E-state index in [2.05, 4.69) is 51.4 Å². The van der Waals surface area contributed by atoms with Gasteiger partial charge in [-0.05, 0) is 25.0 Å². The van der Waals surface area contributed by atoms with Gasteiger partial charge in [-0.25, -0.2) is 4.98 Å². The van der Waals surface area contributed by atoms with Crippen molar-refractivity contribution in [2.75, 3.05) is 5.33 Å². The zero-order valence-corrected chi connectivity index (χ0v) is 12.4. The number of hydrogen-bond acceptors (Lipinski definition) is 3. The number of fused-ring (bicyclic) bond motifs is 1. The first-order chi connectivity index (χ1) is 8.33. The minimum Gasteiger partial charge on any atom is -0.308 e. The third-order valence-corrected chi connectivity index (χ3v) is 4.32. The Morgan fingerprint density at radius 2 is 2.24 bits per heavy atom. The van der Waals surface area contributed by atoms with Crippen molar-refractivity contribution in [2.45, 2.75) is 32.4 Å². The maximum absolute atomic E-state index is 4.62. The zero-order valence-electron chi connectivity index (χ0n) is 9.95. The molecule has 1 atom stereocenters. The van der Waals surface area contributed by atoms with Crippen molar-refractivity contribution in [1.82, 2.24) is 10.3 Å². The van der Waals surface area contributed by atoms with Gasteiger partial charge in [0.15, 0.2) is 0 Å². The first-order valence-corrected chi connectivity index (χ1v) is 7.91. The van der Waals surface area contributed by atoms with Gasteiger partial charge in [0.2, 0.25) is 0 Å². The predicted octanol–water partition coefficient (Wildman–Crippen LogP) is 3.95. The van der Waals surface area contributed by atoms with Crippen molar-refractivity contribution in [3.8, 4) is 0 Å². The summed E-state index contributed by atoms with van der Waals surface area (Å²) in [5.41, 5.74) is 1.11. The maximum Gasteiger partial charge on any atom is 0.108 e. The van der Waals surface area contributed by atoms with E-state index < -0.39 is 0 Å². The molecule has 0 amide bonds. The Bertz CT molecular complexity index is 436. The Morgan fingerprint density at radius 3 is 2.94 bits per heavy atom. The van der Waals surface area contributed by atoms with E-state index >= 15 is 0 Å². The Hall–Kier alpha value is -0.450. The highest BCUT2D eigenvalue weighted by Crippen LogP contribution is 2.21. The van der Waals surface area contributed by atoms with E-state index in [1.807, 2.05) is 6.07 Å². The summed E-state index contributed by atoms with van der Waals surface area (Å²) in [4.78, 5) is 4.62. The Kier molecular flexibility index (Phi) is 4.95. The van der Waals surface area contributed by atoms with Gasteiger partial charge in [-0.3, -0.25) is 0 Å². The molecule has 92 valence electrons. The molecule has 1 aromatic carbocycles. The van der Waals surface area contributed by atoms with Crippen LogP contribution >= 0.6 is 27.3 Å². The number of hydrogen-bond donors (Lipinski definition) is 1. The molecule has 0 saturated carbocycles. The average Bonchev–Trinajstić information content (AvgIpc) is 2.77. The molecular weight excluding hydrogens is 296 g/mol. The molecule has 4 heteroatoms. The van der Waals surface area contributed by atoms with E-state index in [-0.39, 0.29) is 0 Å². The summed E-state index contributed by atoms with van der Waals surface area (Å²) in [5.74, 6) is 0. The van der Waals surface area contributed by atoms with Crippen LogP contribution in [0.4, 0.5) is 0 Å². The highest BCUT2D eigenvalue weighted by molar-refractivity contribution is 9.09. The zero-order chi connectivity index (χ0) is 12.1. The van der Waals surface area contributed by atoms with Crippen LogP contribution in [0.1, 0.15) is 24.8 Å². The molecule has 2 rings (SSSR count). The van der Waals surface area contributed by atoms with Crippen LogP contribution in [-0.4, -0.2) is 16.4 Å². The molecule has 2 nitrogen and oxygen atoms in total. The Morgan fingerprint density at radius 1 is 1.41 bits per heavy atom. The number of alkyl halides is 1. The van der Waals surface area contributed by atoms with Crippen molar-refractivity contribution < 1.29 is 0 Å². The predicted molar refractivity (Wildman–Crippen MR) is 78.9 cm³/mol. The molecule has 0 spiro atoms. The summed E-state index contributed by atoms with van der Waals surface area (Å²) in [6, 6.07) is 8.90. The molecular formula is C13H17BrN2S. The molecule has 17 heavy (non-hydrogen) atoms. The van der Waals surface area contributed by atoms with Gasteiger partial charge in [0.25, 0.3) is 0 Å². The molecule has 2 aromatic rings. The van der Waals surface area contributed by atoms with Crippen molar-refractivity contribution in [3.63, 3.8) is 0 Å². The lowest BCUT2D eigenvalue weighted by Crippen LogP contribution is -2.28. The van der Waals surface area contributed by atoms with E-state index in [4.69, 9.17) is 0 Å². The van der Waals surface area contributed by atoms with E-state index in [1.165, 1.54) is 16.1 Å². The molecule has 0 saturated heterocycles. The normalized spacial score (nSPS) is 13.1. The summed E-state index contributed by atoms with van der Waals surface area (Å²) in [6.07, 6.45) is 2.33. The number of halogens is 1. The minimum absolute atomic E-state index is 0.585. The summed E-state index contributed by atoms with van der Waals surface area (Å²) in [6.45, 7) is 3.10. The van der Waals surface area contributed by atoms with Crippen LogP contribution in [0.5, 0.6) is 0 Å². The van der Waals surface area contributed by atoms with Gasteiger partial charge >= 0.3 is 0 Å². The first-order valence-electron chi connectivity index (χ1n) is 5.97. The van der Waals surface area contributed by atoms with Crippen LogP contribution in [-0.2, 0) is 6.54 Å². The highest BCUT2D eigenvalue weighted by atomic mass is 79.9. The molecule has 1 heterocycles. The van der Waals surface area contributed by atoms with Crippen LogP contribution in [0.3, 0.4) is 0 Å². The minimum atomic E-state index is 0.585. The lowest BCUT2D eigenvalue weighted by molar-refractivity contribution is 0.487. The van der Waals surface area contributed by atoms with Crippen molar-refractivity contribution in [2.24, 2.45) is 0 Å². The molecule has 0 fully saturated rings. The third kappa shape index (κ3) is 3.50. The largest absolute Gasteiger partial charge is 0.308 e. The summed E-state index contributed by atoms with van der Waals surface area (Å²) in [7, 11) is 0. The fraction of sp³-hybridized carbons (Fsp3) is 0.462. The number of nitrogens with one attached hydrogen (secondary N) is 1. The van der Waals surface area contributed by atoms with Crippen molar-refractivity contribution >= 4 is 37.5 Å². The van der Waals surface area contributed by atoms with E-state index in [0.29, 0.717) is 6.04 Å². The van der Waals surface area contributed by atoms with Gasteiger partial charge in [0, 0.05) is 17.9 Å². The molecule has 1 N–H and O–H groups in total. The van der Waals surface area contributed by atoms with Gasteiger partial charge in [0.05, 0.1) is 10.2 Å². The summed E-state index contributed by atoms with van der Waals surface area (Å²) >= 11 is 5.27. The van der Waals surface area contributed by atoms with Crippen LogP contribution in [0.2, 0.25) is 0 Å². The van der Waals surface area contributed by atoms with Gasteiger partial charge in [-0.1, -0.05) is 35.0 Å². The number of para-hydroxylation sites is 1. The third-order valence-electron chi connectivity index (χ3n) is 2.83. The van der Waals surface area contributed by atoms with Gasteiger partial charge in [-0.15, -0.1) is 11.3 Å². The number of thiazole rings is 1. The fourth-order valence-electron chi connectivity index (χ4n) is 1.81. The van der Waals surface area contributed by atoms with Crippen LogP contribution in [0.15, 0.2) is 24.3 Å². The van der Waals surface area contributed by atoms with Gasteiger partial charge in [-0.2, -0.15) is 0 Å². The van der Waals surface area contributed by atoms with Crippen LogP contribution in [0, 0.1) is 0 Å². The van der Waals surface area contributed by atoms with Crippen LogP contribution < -0.4 is 5.32 Å². The molecule has 0 radical (unpaired) electrons. The van der Waals surface area contributed by atoms with Crippen molar-refractivity contribution in [1.29, 1.82) is 0 Å². The van der Waals surface area contributed by atoms with E-state index in [9.17, 15) is 0 Å². The van der Waals surface area contributed by atoms with E-state index in [1.54, 1.807) is 11.3 Å². The molecule has 0 aliphatic heterocycles. The van der Waals surface area contributed by atoms with Crippen molar-refractivity contribution in [3.05, 3.63) is 29.3 Å². The number of nitrogens with zero attached hydrogens (tertiary/aromatic N) is 1. The fourth-order valence-corrected chi connectivity index (χ4v) is 3.28. The first kappa shape index (κ1) is 13.0. The van der Waals surface area contributed by atoms with Gasteiger partial charge < -0.3 is 5.32 Å². The maximum atomic E-state index is 4.62. The quantitative estimate of drug-likeness (QED) is 0.817. The smallest absolute Gasteiger partial charge is 0.108 e. The van der Waals surface area contributed by atoms with Crippen LogP contribution in [0.25, 0.3) is 10.2 Å².